The smallest absolute Gasteiger partial charge is 0.407 e. The van der Waals surface area contributed by atoms with Gasteiger partial charge in [-0.05, 0) is 63.1 Å². The van der Waals surface area contributed by atoms with E-state index in [-0.39, 0.29) is 36.1 Å². The highest BCUT2D eigenvalue weighted by atomic mass is 127. The molecule has 1 amide bonds. The number of fused-ring (bicyclic) bond motifs is 1. The van der Waals surface area contributed by atoms with Crippen LogP contribution in [0.4, 0.5) is 4.79 Å². The number of nitrogens with one attached hydrogen (secondary N) is 4. The average molecular weight is 527 g/mol. The van der Waals surface area contributed by atoms with Crippen molar-refractivity contribution in [3.05, 3.63) is 35.5 Å². The molecule has 1 atom stereocenters. The summed E-state index contributed by atoms with van der Waals surface area (Å²) in [5.41, 5.74) is 3.73. The van der Waals surface area contributed by atoms with Gasteiger partial charge in [-0.1, -0.05) is 12.1 Å². The van der Waals surface area contributed by atoms with Gasteiger partial charge in [0.15, 0.2) is 5.96 Å². The van der Waals surface area contributed by atoms with E-state index in [0.717, 1.165) is 38.3 Å². The first-order valence-corrected chi connectivity index (χ1v) is 10.6. The number of halogens is 1. The minimum Gasteiger partial charge on any atom is -0.450 e. The van der Waals surface area contributed by atoms with Crippen LogP contribution in [0.5, 0.6) is 0 Å². The van der Waals surface area contributed by atoms with Crippen molar-refractivity contribution in [2.24, 2.45) is 10.9 Å². The van der Waals surface area contributed by atoms with Gasteiger partial charge in [0.05, 0.1) is 19.2 Å². The second-order valence-corrected chi connectivity index (χ2v) is 7.57. The molecule has 8 heteroatoms. The van der Waals surface area contributed by atoms with Crippen LogP contribution in [0.2, 0.25) is 0 Å². The number of aromatic nitrogens is 1. The number of aliphatic imine (C=N–C) groups is 1. The Balaban J connectivity index is 0.00000320. The summed E-state index contributed by atoms with van der Waals surface area (Å²) >= 11 is 0. The van der Waals surface area contributed by atoms with E-state index in [1.54, 1.807) is 0 Å². The first kappa shape index (κ1) is 24.3. The Morgan fingerprint density at radius 1 is 1.30 bits per heavy atom. The molecule has 1 saturated carbocycles. The van der Waals surface area contributed by atoms with Crippen molar-refractivity contribution in [2.45, 2.75) is 46.1 Å². The number of ether oxygens (including phenoxy) is 1. The second-order valence-electron chi connectivity index (χ2n) is 7.57. The minimum atomic E-state index is -0.355. The predicted octanol–water partition coefficient (Wildman–Crippen LogP) is 3.72. The molecule has 1 fully saturated rings. The molecule has 1 aromatic heterocycles. The summed E-state index contributed by atoms with van der Waals surface area (Å²) in [5.74, 6) is 1.28. The van der Waals surface area contributed by atoms with Gasteiger partial charge in [-0.15, -0.1) is 24.0 Å². The molecule has 0 radical (unpaired) electrons. The Bertz CT molecular complexity index is 847. The summed E-state index contributed by atoms with van der Waals surface area (Å²) < 4.78 is 5.02. The second kappa shape index (κ2) is 12.0. The van der Waals surface area contributed by atoms with Gasteiger partial charge < -0.3 is 25.7 Å². The van der Waals surface area contributed by atoms with Gasteiger partial charge in [-0.2, -0.15) is 0 Å². The fourth-order valence-electron chi connectivity index (χ4n) is 3.49. The molecule has 4 N–H and O–H groups in total. The van der Waals surface area contributed by atoms with Crippen molar-refractivity contribution in [3.8, 4) is 0 Å². The van der Waals surface area contributed by atoms with Crippen LogP contribution < -0.4 is 16.0 Å². The fraction of sp³-hybridized carbons (Fsp3) is 0.545. The SMILES string of the molecule is CCNC(=NCC(NC(=O)OCC)C1CC1)NCCc1c[nH]c2cc(C)ccc12.I. The molecule has 0 aliphatic heterocycles. The lowest BCUT2D eigenvalue weighted by Crippen LogP contribution is -2.42. The number of hydrogen-bond acceptors (Lipinski definition) is 3. The third-order valence-corrected chi connectivity index (χ3v) is 5.17. The van der Waals surface area contributed by atoms with E-state index in [0.29, 0.717) is 19.1 Å². The molecule has 1 aromatic carbocycles. The van der Waals surface area contributed by atoms with Gasteiger partial charge in [0.1, 0.15) is 0 Å². The van der Waals surface area contributed by atoms with Crippen molar-refractivity contribution < 1.29 is 9.53 Å². The maximum absolute atomic E-state index is 11.8. The van der Waals surface area contributed by atoms with E-state index in [9.17, 15) is 4.79 Å². The monoisotopic (exact) mass is 527 g/mol. The topological polar surface area (TPSA) is 90.5 Å². The van der Waals surface area contributed by atoms with Crippen LogP contribution in [0.25, 0.3) is 10.9 Å². The molecule has 1 aliphatic rings. The van der Waals surface area contributed by atoms with E-state index >= 15 is 0 Å². The molecule has 0 bridgehead atoms. The van der Waals surface area contributed by atoms with Crippen LogP contribution in [-0.4, -0.2) is 49.3 Å². The van der Waals surface area contributed by atoms with Crippen LogP contribution >= 0.6 is 24.0 Å². The van der Waals surface area contributed by atoms with E-state index in [4.69, 9.17) is 9.73 Å². The Hall–Kier alpha value is -1.97. The number of carbonyl (C=O) groups is 1. The zero-order valence-corrected chi connectivity index (χ0v) is 20.4. The highest BCUT2D eigenvalue weighted by molar-refractivity contribution is 14.0. The van der Waals surface area contributed by atoms with Crippen molar-refractivity contribution in [1.29, 1.82) is 0 Å². The molecule has 7 nitrogen and oxygen atoms in total. The Morgan fingerprint density at radius 3 is 2.80 bits per heavy atom. The van der Waals surface area contributed by atoms with Crippen LogP contribution in [0.3, 0.4) is 0 Å². The van der Waals surface area contributed by atoms with Crippen molar-refractivity contribution in [2.75, 3.05) is 26.2 Å². The molecular weight excluding hydrogens is 493 g/mol. The summed E-state index contributed by atoms with van der Waals surface area (Å²) in [6.45, 7) is 8.46. The van der Waals surface area contributed by atoms with Gasteiger partial charge in [-0.25, -0.2) is 4.79 Å². The molecule has 30 heavy (non-hydrogen) atoms. The summed E-state index contributed by atoms with van der Waals surface area (Å²) in [7, 11) is 0. The first-order chi connectivity index (χ1) is 14.1. The maximum atomic E-state index is 11.8. The van der Waals surface area contributed by atoms with Gasteiger partial charge in [0, 0.05) is 30.2 Å². The fourth-order valence-corrected chi connectivity index (χ4v) is 3.49. The lowest BCUT2D eigenvalue weighted by Gasteiger charge is -2.17. The number of benzene rings is 1. The first-order valence-electron chi connectivity index (χ1n) is 10.6. The summed E-state index contributed by atoms with van der Waals surface area (Å²) in [4.78, 5) is 19.8. The Labute approximate surface area is 195 Å². The number of alkyl carbamates (subject to hydrolysis) is 1. The van der Waals surface area contributed by atoms with Gasteiger partial charge in [0.25, 0.3) is 0 Å². The van der Waals surface area contributed by atoms with Crippen LogP contribution in [0.1, 0.15) is 37.8 Å². The number of H-pyrrole nitrogens is 1. The van der Waals surface area contributed by atoms with Gasteiger partial charge in [-0.3, -0.25) is 4.99 Å². The number of rotatable bonds is 9. The van der Waals surface area contributed by atoms with Crippen LogP contribution in [0, 0.1) is 12.8 Å². The van der Waals surface area contributed by atoms with Crippen LogP contribution in [0.15, 0.2) is 29.4 Å². The molecule has 166 valence electrons. The molecule has 1 aliphatic carbocycles. The molecule has 0 spiro atoms. The van der Waals surface area contributed by atoms with E-state index in [1.165, 1.54) is 22.0 Å². The number of aromatic amines is 1. The zero-order valence-electron chi connectivity index (χ0n) is 18.1. The molecular formula is C22H34IN5O2. The highest BCUT2D eigenvalue weighted by Crippen LogP contribution is 2.32. The van der Waals surface area contributed by atoms with Gasteiger partial charge in [0.2, 0.25) is 0 Å². The summed E-state index contributed by atoms with van der Waals surface area (Å²) in [6.07, 6.45) is 4.91. The number of hydrogen-bond donors (Lipinski definition) is 4. The number of aryl methyl sites for hydroxylation is 1. The van der Waals surface area contributed by atoms with Crippen molar-refractivity contribution in [3.63, 3.8) is 0 Å². The van der Waals surface area contributed by atoms with E-state index < -0.39 is 0 Å². The predicted molar refractivity (Wildman–Crippen MR) is 133 cm³/mol. The summed E-state index contributed by atoms with van der Waals surface area (Å²) in [6, 6.07) is 6.53. The number of guanidine groups is 1. The Kier molecular flexibility index (Phi) is 9.74. The number of nitrogens with zero attached hydrogens (tertiary/aromatic N) is 1. The largest absolute Gasteiger partial charge is 0.450 e. The Morgan fingerprint density at radius 2 is 2.10 bits per heavy atom. The molecule has 2 aromatic rings. The standard InChI is InChI=1S/C22H33N5O2.HI/c1-4-23-21(26-14-20(16-7-8-16)27-22(28)29-5-2)24-11-10-17-13-25-19-12-15(3)6-9-18(17)19;/h6,9,12-13,16,20,25H,4-5,7-8,10-11,14H2,1-3H3,(H,27,28)(H2,23,24,26);1H. The van der Waals surface area contributed by atoms with Gasteiger partial charge >= 0.3 is 6.09 Å². The van der Waals surface area contributed by atoms with E-state index in [2.05, 4.69) is 59.2 Å². The van der Waals surface area contributed by atoms with Crippen molar-refractivity contribution >= 4 is 46.9 Å². The average Bonchev–Trinajstić information content (AvgIpc) is 3.46. The normalized spacial score (nSPS) is 14.7. The lowest BCUT2D eigenvalue weighted by atomic mass is 10.1. The maximum Gasteiger partial charge on any atom is 0.407 e. The van der Waals surface area contributed by atoms with Crippen LogP contribution in [-0.2, 0) is 11.2 Å². The highest BCUT2D eigenvalue weighted by Gasteiger charge is 2.32. The molecule has 1 unspecified atom stereocenters. The molecule has 0 saturated heterocycles. The number of amides is 1. The minimum absolute atomic E-state index is 0. The quantitative estimate of drug-likeness (QED) is 0.227. The van der Waals surface area contributed by atoms with Crippen molar-refractivity contribution in [1.82, 2.24) is 20.9 Å². The number of carbonyl (C=O) groups excluding carboxylic acids is 1. The third kappa shape index (κ3) is 7.07. The molecule has 3 rings (SSSR count). The van der Waals surface area contributed by atoms with E-state index in [1.807, 2.05) is 6.92 Å². The zero-order chi connectivity index (χ0) is 20.6. The molecule has 1 heterocycles. The summed E-state index contributed by atoms with van der Waals surface area (Å²) in [5, 5.41) is 10.9. The third-order valence-electron chi connectivity index (χ3n) is 5.17. The lowest BCUT2D eigenvalue weighted by molar-refractivity contribution is 0.147.